The van der Waals surface area contributed by atoms with Gasteiger partial charge >= 0.3 is 0 Å². The fourth-order valence-electron chi connectivity index (χ4n) is 5.74. The summed E-state index contributed by atoms with van der Waals surface area (Å²) in [6, 6.07) is 3.26. The smallest absolute Gasteiger partial charge is 0.202 e. The van der Waals surface area contributed by atoms with Crippen LogP contribution < -0.4 is 0 Å². The lowest BCUT2D eigenvalue weighted by atomic mass is 9.59. The minimum atomic E-state index is -2.45. The number of benzene rings is 1. The molecule has 4 aliphatic carbocycles. The highest BCUT2D eigenvalue weighted by Gasteiger charge is 2.60. The van der Waals surface area contributed by atoms with E-state index in [9.17, 15) is 34.8 Å². The van der Waals surface area contributed by atoms with Crippen LogP contribution in [-0.4, -0.2) is 43.4 Å². The van der Waals surface area contributed by atoms with Crippen LogP contribution in [0.4, 0.5) is 0 Å². The van der Waals surface area contributed by atoms with Crippen molar-refractivity contribution in [2.75, 3.05) is 0 Å². The molecule has 33 heavy (non-hydrogen) atoms. The van der Waals surface area contributed by atoms with Gasteiger partial charge in [-0.25, -0.2) is 0 Å². The summed E-state index contributed by atoms with van der Waals surface area (Å²) in [7, 11) is 0. The number of fused-ring (bicyclic) bond motifs is 3. The third-order valence-corrected chi connectivity index (χ3v) is 7.69. The number of carbonyl (C=O) groups excluding carboxylic acids is 3. The fourth-order valence-corrected chi connectivity index (χ4v) is 5.74. The lowest BCUT2D eigenvalue weighted by Crippen LogP contribution is -2.58. The van der Waals surface area contributed by atoms with Crippen LogP contribution in [0.3, 0.4) is 0 Å². The van der Waals surface area contributed by atoms with Crippen molar-refractivity contribution in [3.63, 3.8) is 0 Å². The summed E-state index contributed by atoms with van der Waals surface area (Å²) in [5, 5.41) is 43.8. The molecule has 0 saturated heterocycles. The number of aliphatic hydroxyl groups is 3. The van der Waals surface area contributed by atoms with Crippen LogP contribution in [0.1, 0.15) is 62.1 Å². The van der Waals surface area contributed by atoms with Gasteiger partial charge in [-0.05, 0) is 55.2 Å². The second-order valence-corrected chi connectivity index (χ2v) is 9.50. The Hall–Kier alpha value is -3.19. The average molecular weight is 450 g/mol. The van der Waals surface area contributed by atoms with Gasteiger partial charge in [0.2, 0.25) is 5.78 Å². The molecule has 4 N–H and O–H groups in total. The molecular weight excluding hydrogens is 424 g/mol. The summed E-state index contributed by atoms with van der Waals surface area (Å²) in [5.74, 6) is -5.04. The number of phenols is 1. The summed E-state index contributed by atoms with van der Waals surface area (Å²) >= 11 is 0. The van der Waals surface area contributed by atoms with Crippen LogP contribution >= 0.6 is 0 Å². The number of phenolic OH excluding ortho intramolecular Hbond substituents is 1. The van der Waals surface area contributed by atoms with E-state index in [1.165, 1.54) is 18.6 Å². The molecule has 0 aromatic heterocycles. The zero-order valence-electron chi connectivity index (χ0n) is 18.4. The van der Waals surface area contributed by atoms with E-state index in [0.29, 0.717) is 6.42 Å². The van der Waals surface area contributed by atoms with E-state index in [1.54, 1.807) is 6.07 Å². The van der Waals surface area contributed by atoms with Crippen LogP contribution in [-0.2, 0) is 20.8 Å². The first-order valence-corrected chi connectivity index (χ1v) is 11.4. The molecule has 1 aromatic rings. The van der Waals surface area contributed by atoms with Crippen LogP contribution in [0, 0.1) is 11.8 Å². The van der Waals surface area contributed by atoms with Gasteiger partial charge in [-0.15, -0.1) is 0 Å². The molecule has 0 amide bonds. The first-order chi connectivity index (χ1) is 15.7. The molecule has 4 aliphatic rings. The van der Waals surface area contributed by atoms with E-state index in [2.05, 4.69) is 6.08 Å². The van der Waals surface area contributed by atoms with Gasteiger partial charge in [0.05, 0.1) is 5.56 Å². The topological polar surface area (TPSA) is 132 Å². The molecule has 0 spiro atoms. The molecule has 172 valence electrons. The zero-order chi connectivity index (χ0) is 23.7. The van der Waals surface area contributed by atoms with Crippen LogP contribution in [0.2, 0.25) is 0 Å². The van der Waals surface area contributed by atoms with Crippen molar-refractivity contribution in [1.82, 2.24) is 0 Å². The summed E-state index contributed by atoms with van der Waals surface area (Å²) in [6.45, 7) is 1.52. The number of ketones is 3. The Labute approximate surface area is 190 Å². The molecule has 0 heterocycles. The molecule has 0 radical (unpaired) electrons. The van der Waals surface area contributed by atoms with Crippen LogP contribution in [0.25, 0.3) is 11.8 Å². The van der Waals surface area contributed by atoms with Crippen molar-refractivity contribution in [2.45, 2.75) is 57.5 Å². The number of hydrogen-bond donors (Lipinski definition) is 4. The van der Waals surface area contributed by atoms with E-state index in [4.69, 9.17) is 0 Å². The summed E-state index contributed by atoms with van der Waals surface area (Å²) in [5.41, 5.74) is -0.0204. The van der Waals surface area contributed by atoms with E-state index >= 15 is 0 Å². The molecule has 3 unspecified atom stereocenters. The molecule has 1 aromatic carbocycles. The van der Waals surface area contributed by atoms with Crippen molar-refractivity contribution in [3.05, 3.63) is 51.3 Å². The first kappa shape index (κ1) is 21.6. The van der Waals surface area contributed by atoms with Crippen molar-refractivity contribution >= 4 is 29.2 Å². The zero-order valence-corrected chi connectivity index (χ0v) is 18.4. The number of hydrogen-bond acceptors (Lipinski definition) is 7. The summed E-state index contributed by atoms with van der Waals surface area (Å²) < 4.78 is 0. The maximum absolute atomic E-state index is 13.6. The maximum Gasteiger partial charge on any atom is 0.202 e. The summed E-state index contributed by atoms with van der Waals surface area (Å²) in [4.78, 5) is 38.4. The number of rotatable bonds is 3. The van der Waals surface area contributed by atoms with Gasteiger partial charge < -0.3 is 20.4 Å². The highest BCUT2D eigenvalue weighted by Crippen LogP contribution is 2.52. The molecule has 5 rings (SSSR count). The van der Waals surface area contributed by atoms with Crippen molar-refractivity contribution < 1.29 is 34.8 Å². The second kappa shape index (κ2) is 7.42. The number of Topliss-reactive ketones (excluding diaryl/α,β-unsaturated/α-hetero) is 3. The maximum atomic E-state index is 13.6. The van der Waals surface area contributed by atoms with Crippen molar-refractivity contribution in [2.24, 2.45) is 11.8 Å². The fraction of sp³-hybridized carbons (Fsp3) is 0.423. The number of allylic oxidation sites excluding steroid dienone is 2. The van der Waals surface area contributed by atoms with Crippen LogP contribution in [0.15, 0.2) is 34.6 Å². The van der Waals surface area contributed by atoms with Crippen molar-refractivity contribution in [1.29, 1.82) is 0 Å². The molecule has 7 nitrogen and oxygen atoms in total. The molecule has 0 bridgehead atoms. The third kappa shape index (κ3) is 2.95. The molecule has 2 fully saturated rings. The Kier molecular flexibility index (Phi) is 4.86. The Balaban J connectivity index is 1.67. The molecule has 7 heteroatoms. The predicted octanol–water partition coefficient (Wildman–Crippen LogP) is 3.49. The van der Waals surface area contributed by atoms with E-state index in [-0.39, 0.29) is 36.1 Å². The SMILES string of the molecule is CCC(=O)C1=C(O)C2(O)C(=O)C3=C(O)c4c(O)ccc(C=C5CCC5)c4CC3CC2CC1=O. The standard InChI is InChI=1S/C26H26O7/c1-2-17(27)22-19(29)11-15-9-14-10-16-13(8-12-4-3-5-12)6-7-18(28)21(16)23(30)20(14)24(31)26(15,33)25(22)32/h6-8,14-15,28,30,32-33H,2-5,9-11H2,1H3. The Morgan fingerprint density at radius 3 is 2.52 bits per heavy atom. The van der Waals surface area contributed by atoms with Crippen LogP contribution in [0.5, 0.6) is 5.75 Å². The molecule has 2 saturated carbocycles. The van der Waals surface area contributed by atoms with Gasteiger partial charge in [-0.2, -0.15) is 0 Å². The first-order valence-electron chi connectivity index (χ1n) is 11.4. The highest BCUT2D eigenvalue weighted by molar-refractivity contribution is 6.23. The monoisotopic (exact) mass is 450 g/mol. The van der Waals surface area contributed by atoms with E-state index in [1.807, 2.05) is 0 Å². The van der Waals surface area contributed by atoms with Gasteiger partial charge in [-0.3, -0.25) is 14.4 Å². The Morgan fingerprint density at radius 1 is 1.15 bits per heavy atom. The predicted molar refractivity (Wildman–Crippen MR) is 119 cm³/mol. The van der Waals surface area contributed by atoms with Gasteiger partial charge in [0.25, 0.3) is 0 Å². The highest BCUT2D eigenvalue weighted by atomic mass is 16.3. The van der Waals surface area contributed by atoms with E-state index < -0.39 is 51.9 Å². The average Bonchev–Trinajstić information content (AvgIpc) is 2.74. The van der Waals surface area contributed by atoms with E-state index in [0.717, 1.165) is 30.4 Å². The normalized spacial score (nSPS) is 28.7. The van der Waals surface area contributed by atoms with Gasteiger partial charge in [0.1, 0.15) is 22.8 Å². The molecule has 0 aliphatic heterocycles. The quantitative estimate of drug-likeness (QED) is 0.518. The third-order valence-electron chi connectivity index (χ3n) is 7.69. The Bertz CT molecular complexity index is 1210. The second-order valence-electron chi connectivity index (χ2n) is 9.50. The number of aromatic hydroxyl groups is 1. The lowest BCUT2D eigenvalue weighted by molar-refractivity contribution is -0.147. The number of aliphatic hydroxyl groups excluding tert-OH is 2. The van der Waals surface area contributed by atoms with Crippen molar-refractivity contribution in [3.8, 4) is 5.75 Å². The van der Waals surface area contributed by atoms with Gasteiger partial charge in [0, 0.05) is 24.3 Å². The summed E-state index contributed by atoms with van der Waals surface area (Å²) in [6.07, 6.45) is 5.43. The Morgan fingerprint density at radius 2 is 1.88 bits per heavy atom. The number of carbonyl (C=O) groups is 3. The van der Waals surface area contributed by atoms with Gasteiger partial charge in [-0.1, -0.05) is 24.6 Å². The minimum absolute atomic E-state index is 0.0594. The molecule has 3 atom stereocenters. The lowest BCUT2D eigenvalue weighted by Gasteiger charge is -2.46. The minimum Gasteiger partial charge on any atom is -0.508 e. The molecular formula is C26H26O7. The largest absolute Gasteiger partial charge is 0.508 e. The van der Waals surface area contributed by atoms with Gasteiger partial charge in [0.15, 0.2) is 17.2 Å².